The van der Waals surface area contributed by atoms with E-state index < -0.39 is 0 Å². The van der Waals surface area contributed by atoms with Crippen LogP contribution in [0, 0.1) is 11.6 Å². The second kappa shape index (κ2) is 6.73. The van der Waals surface area contributed by atoms with Gasteiger partial charge in [0.25, 0.3) is 0 Å². The van der Waals surface area contributed by atoms with Crippen LogP contribution in [0.5, 0.6) is 0 Å². The van der Waals surface area contributed by atoms with Gasteiger partial charge in [0.15, 0.2) is 0 Å². The number of nitrogens with one attached hydrogen (secondary N) is 1. The van der Waals surface area contributed by atoms with Crippen LogP contribution in [0.2, 0.25) is 5.02 Å². The average molecular weight is 324 g/mol. The number of benzene rings is 2. The summed E-state index contributed by atoms with van der Waals surface area (Å²) >= 11 is 6.03. The van der Waals surface area contributed by atoms with E-state index in [0.29, 0.717) is 30.3 Å². The Bertz CT molecular complexity index is 627. The summed E-state index contributed by atoms with van der Waals surface area (Å²) in [6.07, 6.45) is 0. The zero-order valence-corrected chi connectivity index (χ0v) is 12.6. The van der Waals surface area contributed by atoms with E-state index >= 15 is 0 Å². The van der Waals surface area contributed by atoms with Gasteiger partial charge in [-0.15, -0.1) is 0 Å². The fourth-order valence-electron chi connectivity index (χ4n) is 2.73. The molecule has 0 bridgehead atoms. The summed E-state index contributed by atoms with van der Waals surface area (Å²) in [7, 11) is 0. The predicted octanol–water partition coefficient (Wildman–Crippen LogP) is 3.89. The van der Waals surface area contributed by atoms with Crippen LogP contribution >= 0.6 is 11.6 Å². The molecule has 1 saturated heterocycles. The second-order valence-electron chi connectivity index (χ2n) is 5.38. The third kappa shape index (κ3) is 3.29. The first-order chi connectivity index (χ1) is 10.6. The van der Waals surface area contributed by atoms with Crippen molar-refractivity contribution in [3.05, 3.63) is 70.2 Å². The molecule has 1 heterocycles. The van der Waals surface area contributed by atoms with Crippen LogP contribution < -0.4 is 5.32 Å². The van der Waals surface area contributed by atoms with Crippen molar-refractivity contribution in [3.8, 4) is 0 Å². The SMILES string of the molecule is Fc1ccc([C@@H]2COC[C@H]2NCc2c(F)cccc2Cl)cc1. The van der Waals surface area contributed by atoms with E-state index in [9.17, 15) is 8.78 Å². The lowest BCUT2D eigenvalue weighted by molar-refractivity contribution is 0.187. The Morgan fingerprint density at radius 1 is 1.09 bits per heavy atom. The Morgan fingerprint density at radius 3 is 2.59 bits per heavy atom. The molecule has 2 nitrogen and oxygen atoms in total. The zero-order valence-electron chi connectivity index (χ0n) is 11.9. The summed E-state index contributed by atoms with van der Waals surface area (Å²) in [5.41, 5.74) is 1.46. The van der Waals surface area contributed by atoms with Crippen LogP contribution in [-0.4, -0.2) is 19.3 Å². The Morgan fingerprint density at radius 2 is 1.86 bits per heavy atom. The average Bonchev–Trinajstić information content (AvgIpc) is 2.96. The van der Waals surface area contributed by atoms with E-state index in [-0.39, 0.29) is 23.6 Å². The van der Waals surface area contributed by atoms with Gasteiger partial charge in [0.2, 0.25) is 0 Å². The van der Waals surface area contributed by atoms with Gasteiger partial charge < -0.3 is 10.1 Å². The summed E-state index contributed by atoms with van der Waals surface area (Å²) < 4.78 is 32.3. The van der Waals surface area contributed by atoms with E-state index in [1.165, 1.54) is 18.2 Å². The lowest BCUT2D eigenvalue weighted by atomic mass is 9.94. The van der Waals surface area contributed by atoms with Crippen molar-refractivity contribution in [2.45, 2.75) is 18.5 Å². The highest BCUT2D eigenvalue weighted by Crippen LogP contribution is 2.27. The van der Waals surface area contributed by atoms with Crippen molar-refractivity contribution in [2.24, 2.45) is 0 Å². The minimum Gasteiger partial charge on any atom is -0.379 e. The largest absolute Gasteiger partial charge is 0.379 e. The molecular weight excluding hydrogens is 308 g/mol. The first-order valence-electron chi connectivity index (χ1n) is 7.14. The first kappa shape index (κ1) is 15.4. The molecule has 0 amide bonds. The fraction of sp³-hybridized carbons (Fsp3) is 0.294. The fourth-order valence-corrected chi connectivity index (χ4v) is 2.96. The Kier molecular flexibility index (Phi) is 4.71. The first-order valence-corrected chi connectivity index (χ1v) is 7.52. The number of halogens is 3. The van der Waals surface area contributed by atoms with Gasteiger partial charge in [0.1, 0.15) is 11.6 Å². The van der Waals surface area contributed by atoms with Crippen LogP contribution in [-0.2, 0) is 11.3 Å². The molecule has 1 aliphatic rings. The van der Waals surface area contributed by atoms with Gasteiger partial charge in [-0.1, -0.05) is 29.8 Å². The molecular formula is C17H16ClF2NO. The number of ether oxygens (including phenoxy) is 1. The van der Waals surface area contributed by atoms with E-state index in [0.717, 1.165) is 5.56 Å². The highest BCUT2D eigenvalue weighted by atomic mass is 35.5. The monoisotopic (exact) mass is 323 g/mol. The summed E-state index contributed by atoms with van der Waals surface area (Å²) in [4.78, 5) is 0. The predicted molar refractivity (Wildman–Crippen MR) is 82.0 cm³/mol. The molecule has 0 saturated carbocycles. The smallest absolute Gasteiger partial charge is 0.129 e. The molecule has 2 aromatic carbocycles. The van der Waals surface area contributed by atoms with E-state index in [4.69, 9.17) is 16.3 Å². The molecule has 3 rings (SSSR count). The molecule has 0 unspecified atom stereocenters. The van der Waals surface area contributed by atoms with E-state index in [1.54, 1.807) is 24.3 Å². The lowest BCUT2D eigenvalue weighted by Gasteiger charge is -2.20. The van der Waals surface area contributed by atoms with Gasteiger partial charge in [0.05, 0.1) is 13.2 Å². The van der Waals surface area contributed by atoms with Crippen LogP contribution in [0.3, 0.4) is 0 Å². The molecule has 1 N–H and O–H groups in total. The minimum absolute atomic E-state index is 0.0427. The van der Waals surface area contributed by atoms with Crippen molar-refractivity contribution >= 4 is 11.6 Å². The van der Waals surface area contributed by atoms with Crippen LogP contribution in [0.1, 0.15) is 17.0 Å². The maximum atomic E-state index is 13.8. The zero-order chi connectivity index (χ0) is 15.5. The van der Waals surface area contributed by atoms with Crippen LogP contribution in [0.25, 0.3) is 0 Å². The maximum absolute atomic E-state index is 13.8. The molecule has 2 atom stereocenters. The van der Waals surface area contributed by atoms with E-state index in [2.05, 4.69) is 5.32 Å². The second-order valence-corrected chi connectivity index (χ2v) is 5.79. The summed E-state index contributed by atoms with van der Waals surface area (Å²) in [6, 6.07) is 11.1. The number of hydrogen-bond donors (Lipinski definition) is 1. The van der Waals surface area contributed by atoms with Crippen LogP contribution in [0.4, 0.5) is 8.78 Å². The summed E-state index contributed by atoms with van der Waals surface area (Å²) in [5.74, 6) is -0.464. The molecule has 116 valence electrons. The molecule has 2 aromatic rings. The number of hydrogen-bond acceptors (Lipinski definition) is 2. The van der Waals surface area contributed by atoms with Gasteiger partial charge in [-0.2, -0.15) is 0 Å². The Balaban J connectivity index is 1.70. The van der Waals surface area contributed by atoms with Gasteiger partial charge >= 0.3 is 0 Å². The van der Waals surface area contributed by atoms with Gasteiger partial charge in [-0.3, -0.25) is 0 Å². The summed E-state index contributed by atoms with van der Waals surface area (Å²) in [5, 5.41) is 3.71. The molecule has 0 aromatic heterocycles. The van der Waals surface area contributed by atoms with Crippen molar-refractivity contribution in [1.29, 1.82) is 0 Å². The van der Waals surface area contributed by atoms with E-state index in [1.807, 2.05) is 0 Å². The van der Waals surface area contributed by atoms with Crippen molar-refractivity contribution < 1.29 is 13.5 Å². The highest BCUT2D eigenvalue weighted by Gasteiger charge is 2.29. The Hall–Kier alpha value is -1.49. The maximum Gasteiger partial charge on any atom is 0.129 e. The molecule has 0 radical (unpaired) electrons. The number of rotatable bonds is 4. The molecule has 0 spiro atoms. The minimum atomic E-state index is -0.322. The topological polar surface area (TPSA) is 21.3 Å². The summed E-state index contributed by atoms with van der Waals surface area (Å²) in [6.45, 7) is 1.43. The van der Waals surface area contributed by atoms with Gasteiger partial charge in [-0.25, -0.2) is 8.78 Å². The van der Waals surface area contributed by atoms with Crippen molar-refractivity contribution in [1.82, 2.24) is 5.32 Å². The highest BCUT2D eigenvalue weighted by molar-refractivity contribution is 6.31. The third-order valence-corrected chi connectivity index (χ3v) is 4.34. The molecule has 1 aliphatic heterocycles. The normalized spacial score (nSPS) is 21.2. The molecule has 5 heteroatoms. The van der Waals surface area contributed by atoms with Crippen molar-refractivity contribution in [2.75, 3.05) is 13.2 Å². The third-order valence-electron chi connectivity index (χ3n) is 3.98. The molecule has 0 aliphatic carbocycles. The van der Waals surface area contributed by atoms with Gasteiger partial charge in [0, 0.05) is 29.1 Å². The standard InChI is InChI=1S/C17H16ClF2NO/c18-15-2-1-3-16(20)13(15)8-21-17-10-22-9-14(17)11-4-6-12(19)7-5-11/h1-7,14,17,21H,8-10H2/t14-,17+/m0/s1. The molecule has 1 fully saturated rings. The van der Waals surface area contributed by atoms with Crippen molar-refractivity contribution in [3.63, 3.8) is 0 Å². The molecule has 22 heavy (non-hydrogen) atoms. The van der Waals surface area contributed by atoms with Crippen LogP contribution in [0.15, 0.2) is 42.5 Å². The Labute approximate surface area is 133 Å². The van der Waals surface area contributed by atoms with Gasteiger partial charge in [-0.05, 0) is 29.8 Å². The quantitative estimate of drug-likeness (QED) is 0.921. The lowest BCUT2D eigenvalue weighted by Crippen LogP contribution is -2.34.